The zero-order valence-corrected chi connectivity index (χ0v) is 17.0. The highest BCUT2D eigenvalue weighted by Gasteiger charge is 2.29. The van der Waals surface area contributed by atoms with E-state index in [1.54, 1.807) is 6.26 Å². The Balaban J connectivity index is 0.00000225. The molecule has 2 N–H and O–H groups in total. The lowest BCUT2D eigenvalue weighted by molar-refractivity contribution is 0.312. The topological polar surface area (TPSA) is 58.8 Å². The summed E-state index contributed by atoms with van der Waals surface area (Å²) in [6, 6.07) is 12.4. The van der Waals surface area contributed by atoms with Crippen LogP contribution >= 0.6 is 24.0 Å². The molecule has 2 atom stereocenters. The van der Waals surface area contributed by atoms with Gasteiger partial charge in [-0.2, -0.15) is 0 Å². The minimum atomic E-state index is 0. The number of para-hydroxylation sites is 1. The van der Waals surface area contributed by atoms with Gasteiger partial charge < -0.3 is 19.8 Å². The Morgan fingerprint density at radius 1 is 1.28 bits per heavy atom. The number of aliphatic imine (C=N–C) groups is 1. The van der Waals surface area contributed by atoms with Gasteiger partial charge in [0.25, 0.3) is 0 Å². The number of furan rings is 1. The van der Waals surface area contributed by atoms with Crippen molar-refractivity contribution >= 4 is 29.9 Å². The summed E-state index contributed by atoms with van der Waals surface area (Å²) in [7, 11) is 0. The minimum absolute atomic E-state index is 0. The number of nitrogens with one attached hydrogen (secondary N) is 2. The van der Waals surface area contributed by atoms with Crippen LogP contribution < -0.4 is 15.4 Å². The maximum Gasteiger partial charge on any atom is 0.191 e. The third kappa shape index (κ3) is 5.14. The second-order valence-electron chi connectivity index (χ2n) is 5.98. The van der Waals surface area contributed by atoms with E-state index >= 15 is 0 Å². The van der Waals surface area contributed by atoms with E-state index in [4.69, 9.17) is 9.15 Å². The molecule has 0 aliphatic carbocycles. The molecule has 0 radical (unpaired) electrons. The van der Waals surface area contributed by atoms with E-state index in [1.807, 2.05) is 24.3 Å². The van der Waals surface area contributed by atoms with Crippen molar-refractivity contribution in [3.63, 3.8) is 0 Å². The van der Waals surface area contributed by atoms with Crippen LogP contribution in [0.4, 0.5) is 0 Å². The molecule has 1 aromatic carbocycles. The lowest BCUT2D eigenvalue weighted by Crippen LogP contribution is -2.45. The number of fused-ring (bicyclic) bond motifs is 1. The zero-order chi connectivity index (χ0) is 16.8. The molecule has 2 aromatic rings. The van der Waals surface area contributed by atoms with E-state index in [2.05, 4.69) is 41.6 Å². The number of hydrogen-bond acceptors (Lipinski definition) is 3. The Morgan fingerprint density at radius 3 is 2.88 bits per heavy atom. The van der Waals surface area contributed by atoms with Gasteiger partial charge in [0.1, 0.15) is 11.5 Å². The maximum atomic E-state index is 5.79. The monoisotopic (exact) mass is 455 g/mol. The van der Waals surface area contributed by atoms with Gasteiger partial charge in [-0.1, -0.05) is 18.2 Å². The average molecular weight is 455 g/mol. The molecule has 136 valence electrons. The molecule has 0 saturated heterocycles. The fraction of sp³-hybridized carbons (Fsp3) is 0.421. The fourth-order valence-corrected chi connectivity index (χ4v) is 2.97. The molecule has 1 aliphatic rings. The van der Waals surface area contributed by atoms with Crippen LogP contribution in [-0.2, 0) is 6.42 Å². The zero-order valence-electron chi connectivity index (χ0n) is 14.7. The lowest BCUT2D eigenvalue weighted by atomic mass is 9.94. The number of benzene rings is 1. The van der Waals surface area contributed by atoms with Gasteiger partial charge in [0.05, 0.1) is 12.9 Å². The summed E-state index contributed by atoms with van der Waals surface area (Å²) in [5.74, 6) is 3.12. The van der Waals surface area contributed by atoms with Gasteiger partial charge in [-0.05, 0) is 32.0 Å². The highest BCUT2D eigenvalue weighted by atomic mass is 127. The van der Waals surface area contributed by atoms with Crippen LogP contribution in [0.2, 0.25) is 0 Å². The Morgan fingerprint density at radius 2 is 2.12 bits per heavy atom. The first-order chi connectivity index (χ1) is 11.8. The number of hydrogen-bond donors (Lipinski definition) is 2. The quantitative estimate of drug-likeness (QED) is 0.398. The van der Waals surface area contributed by atoms with E-state index in [0.717, 1.165) is 30.4 Å². The molecule has 0 spiro atoms. The molecule has 0 bridgehead atoms. The molecular weight excluding hydrogens is 429 g/mol. The largest absolute Gasteiger partial charge is 0.493 e. The number of rotatable bonds is 6. The molecule has 25 heavy (non-hydrogen) atoms. The van der Waals surface area contributed by atoms with Crippen molar-refractivity contribution in [1.29, 1.82) is 0 Å². The fourth-order valence-electron chi connectivity index (χ4n) is 2.97. The maximum absolute atomic E-state index is 5.79. The van der Waals surface area contributed by atoms with E-state index in [0.29, 0.717) is 19.1 Å². The van der Waals surface area contributed by atoms with Crippen LogP contribution in [-0.4, -0.2) is 31.7 Å². The van der Waals surface area contributed by atoms with Crippen molar-refractivity contribution in [1.82, 2.24) is 10.6 Å². The molecular formula is C19H26IN3O2. The summed E-state index contributed by atoms with van der Waals surface area (Å²) in [4.78, 5) is 4.65. The summed E-state index contributed by atoms with van der Waals surface area (Å²) in [5.41, 5.74) is 1.27. The summed E-state index contributed by atoms with van der Waals surface area (Å²) >= 11 is 0. The van der Waals surface area contributed by atoms with E-state index in [-0.39, 0.29) is 30.0 Å². The molecule has 1 aliphatic heterocycles. The summed E-state index contributed by atoms with van der Waals surface area (Å²) in [6.45, 7) is 6.47. The predicted octanol–water partition coefficient (Wildman–Crippen LogP) is 3.56. The Hall–Kier alpha value is -1.70. The second-order valence-corrected chi connectivity index (χ2v) is 5.98. The van der Waals surface area contributed by atoms with Gasteiger partial charge in [-0.25, -0.2) is 0 Å². The Bertz CT molecular complexity index is 673. The normalized spacial score (nSPS) is 17.2. The van der Waals surface area contributed by atoms with Gasteiger partial charge >= 0.3 is 0 Å². The molecule has 0 fully saturated rings. The van der Waals surface area contributed by atoms with Gasteiger partial charge in [-0.15, -0.1) is 24.0 Å². The second kappa shape index (κ2) is 9.70. The van der Waals surface area contributed by atoms with Crippen molar-refractivity contribution in [2.24, 2.45) is 4.99 Å². The third-order valence-electron chi connectivity index (χ3n) is 4.26. The molecule has 5 nitrogen and oxygen atoms in total. The van der Waals surface area contributed by atoms with Crippen LogP contribution in [0.15, 0.2) is 52.1 Å². The molecule has 2 unspecified atom stereocenters. The lowest BCUT2D eigenvalue weighted by Gasteiger charge is -2.22. The number of guanidine groups is 1. The molecule has 0 amide bonds. The van der Waals surface area contributed by atoms with Crippen LogP contribution in [0.1, 0.15) is 31.1 Å². The summed E-state index contributed by atoms with van der Waals surface area (Å²) in [6.07, 6.45) is 2.50. The molecule has 6 heteroatoms. The highest BCUT2D eigenvalue weighted by molar-refractivity contribution is 14.0. The van der Waals surface area contributed by atoms with Crippen molar-refractivity contribution in [2.45, 2.75) is 32.2 Å². The molecule has 3 rings (SSSR count). The third-order valence-corrected chi connectivity index (χ3v) is 4.26. The SMILES string of the molecule is CCNC(=NCCc1ccco1)NC(C)C1COc2ccccc21.I. The molecule has 2 heterocycles. The van der Waals surface area contributed by atoms with E-state index in [9.17, 15) is 0 Å². The van der Waals surface area contributed by atoms with Gasteiger partial charge in [-0.3, -0.25) is 4.99 Å². The van der Waals surface area contributed by atoms with Crippen LogP contribution in [0, 0.1) is 0 Å². The highest BCUT2D eigenvalue weighted by Crippen LogP contribution is 2.35. The van der Waals surface area contributed by atoms with Crippen LogP contribution in [0.3, 0.4) is 0 Å². The van der Waals surface area contributed by atoms with Crippen molar-refractivity contribution in [3.05, 3.63) is 54.0 Å². The standard InChI is InChI=1S/C19H25N3O2.HI/c1-3-20-19(21-11-10-15-7-6-12-23-15)22-14(2)17-13-24-18-9-5-4-8-16(17)18;/h4-9,12,14,17H,3,10-11,13H2,1-2H3,(H2,20,21,22);1H. The Kier molecular flexibility index (Phi) is 7.61. The minimum Gasteiger partial charge on any atom is -0.493 e. The Labute approximate surface area is 166 Å². The van der Waals surface area contributed by atoms with Gasteiger partial charge in [0.15, 0.2) is 5.96 Å². The number of nitrogens with zero attached hydrogens (tertiary/aromatic N) is 1. The van der Waals surface area contributed by atoms with Crippen LogP contribution in [0.25, 0.3) is 0 Å². The van der Waals surface area contributed by atoms with Gasteiger partial charge in [0, 0.05) is 37.0 Å². The number of halogens is 1. The van der Waals surface area contributed by atoms with Crippen molar-refractivity contribution < 1.29 is 9.15 Å². The number of ether oxygens (including phenoxy) is 1. The first kappa shape index (κ1) is 19.6. The summed E-state index contributed by atoms with van der Waals surface area (Å²) < 4.78 is 11.1. The van der Waals surface area contributed by atoms with Crippen LogP contribution in [0.5, 0.6) is 5.75 Å². The first-order valence-electron chi connectivity index (χ1n) is 8.57. The first-order valence-corrected chi connectivity index (χ1v) is 8.57. The molecule has 1 aromatic heterocycles. The van der Waals surface area contributed by atoms with E-state index in [1.165, 1.54) is 5.56 Å². The predicted molar refractivity (Wildman–Crippen MR) is 111 cm³/mol. The smallest absolute Gasteiger partial charge is 0.191 e. The van der Waals surface area contributed by atoms with E-state index < -0.39 is 0 Å². The summed E-state index contributed by atoms with van der Waals surface area (Å²) in [5, 5.41) is 6.82. The van der Waals surface area contributed by atoms with Crippen molar-refractivity contribution in [2.75, 3.05) is 19.7 Å². The molecule has 0 saturated carbocycles. The average Bonchev–Trinajstić information content (AvgIpc) is 3.24. The van der Waals surface area contributed by atoms with Crippen molar-refractivity contribution in [3.8, 4) is 5.75 Å². The van der Waals surface area contributed by atoms with Gasteiger partial charge in [0.2, 0.25) is 0 Å².